The van der Waals surface area contributed by atoms with Crippen molar-refractivity contribution in [2.75, 3.05) is 10.6 Å². The van der Waals surface area contributed by atoms with E-state index in [0.29, 0.717) is 17.2 Å². The molecule has 0 atom stereocenters. The topological polar surface area (TPSA) is 63.2 Å². The van der Waals surface area contributed by atoms with Crippen LogP contribution in [0.3, 0.4) is 0 Å². The number of benzene rings is 3. The largest absolute Gasteiger partial charge is 0.457 e. The summed E-state index contributed by atoms with van der Waals surface area (Å²) < 4.78 is 21.7. The number of anilines is 2. The molecule has 0 saturated carbocycles. The first-order chi connectivity index (χ1) is 13.6. The number of nitrogens with zero attached hydrogens (tertiary/aromatic N) is 1. The molecule has 3 aromatic carbocycles. The molecule has 2 N–H and O–H groups in total. The summed E-state index contributed by atoms with van der Waals surface area (Å²) in [6.07, 6.45) is 0. The number of nitrogens with one attached hydrogen (secondary N) is 2. The summed E-state index contributed by atoms with van der Waals surface area (Å²) >= 11 is 4.84. The van der Waals surface area contributed by atoms with Crippen LogP contribution in [0.1, 0.15) is 0 Å². The first kappa shape index (κ1) is 18.4. The molecule has 0 unspecified atom stereocenters. The van der Waals surface area contributed by atoms with Crippen LogP contribution in [0.25, 0.3) is 10.2 Å². The van der Waals surface area contributed by atoms with Crippen LogP contribution in [0.5, 0.6) is 11.5 Å². The lowest BCUT2D eigenvalue weighted by atomic mass is 10.2. The molecule has 0 radical (unpaired) electrons. The monoisotopic (exact) mass is 457 g/mol. The number of ether oxygens (including phenoxy) is 1. The van der Waals surface area contributed by atoms with E-state index in [4.69, 9.17) is 4.74 Å². The quantitative estimate of drug-likeness (QED) is 0.361. The Labute approximate surface area is 172 Å². The van der Waals surface area contributed by atoms with E-state index in [9.17, 15) is 9.18 Å². The minimum absolute atomic E-state index is 0.0175. The van der Waals surface area contributed by atoms with Gasteiger partial charge in [0.15, 0.2) is 0 Å². The Morgan fingerprint density at radius 2 is 1.86 bits per heavy atom. The second kappa shape index (κ2) is 7.95. The number of aromatic nitrogens is 1. The molecule has 0 aliphatic carbocycles. The number of carbonyl (C=O) groups is 1. The van der Waals surface area contributed by atoms with E-state index < -0.39 is 11.8 Å². The Morgan fingerprint density at radius 1 is 1.04 bits per heavy atom. The molecule has 0 aliphatic heterocycles. The molecule has 0 aliphatic rings. The average molecular weight is 458 g/mol. The number of hydrogen-bond donors (Lipinski definition) is 2. The number of thiazole rings is 1. The van der Waals surface area contributed by atoms with Gasteiger partial charge in [-0.15, -0.1) is 11.3 Å². The van der Waals surface area contributed by atoms with Crippen molar-refractivity contribution in [3.05, 3.63) is 76.5 Å². The van der Waals surface area contributed by atoms with Gasteiger partial charge in [0.2, 0.25) is 0 Å². The van der Waals surface area contributed by atoms with Gasteiger partial charge in [-0.2, -0.15) is 0 Å². The zero-order valence-corrected chi connectivity index (χ0v) is 16.7. The standard InChI is InChI=1S/C20H13BrFN3O2S/c21-12-2-1-3-13(8-12)24-20(26)25-18-9-14(4-6-16(18)22)27-15-5-7-17-19(10-15)28-11-23-17/h1-11H,(H2,24,25,26). The Morgan fingerprint density at radius 3 is 2.71 bits per heavy atom. The second-order valence-electron chi connectivity index (χ2n) is 5.82. The maximum Gasteiger partial charge on any atom is 0.323 e. The molecule has 1 heterocycles. The van der Waals surface area contributed by atoms with Gasteiger partial charge in [0.05, 0.1) is 21.4 Å². The van der Waals surface area contributed by atoms with Crippen molar-refractivity contribution in [2.24, 2.45) is 0 Å². The highest BCUT2D eigenvalue weighted by molar-refractivity contribution is 9.10. The molecule has 0 bridgehead atoms. The van der Waals surface area contributed by atoms with Gasteiger partial charge in [0.25, 0.3) is 0 Å². The van der Waals surface area contributed by atoms with Crippen molar-refractivity contribution < 1.29 is 13.9 Å². The Kier molecular flexibility index (Phi) is 5.23. The first-order valence-electron chi connectivity index (χ1n) is 8.21. The summed E-state index contributed by atoms with van der Waals surface area (Å²) in [5.74, 6) is 0.450. The van der Waals surface area contributed by atoms with Crippen molar-refractivity contribution in [3.8, 4) is 11.5 Å². The molecular formula is C20H13BrFN3O2S. The van der Waals surface area contributed by atoms with Crippen molar-refractivity contribution >= 4 is 54.9 Å². The first-order valence-corrected chi connectivity index (χ1v) is 9.88. The SMILES string of the molecule is O=C(Nc1cccc(Br)c1)Nc1cc(Oc2ccc3ncsc3c2)ccc1F. The third kappa shape index (κ3) is 4.29. The molecule has 4 rings (SSSR count). The normalized spacial score (nSPS) is 10.6. The van der Waals surface area contributed by atoms with Gasteiger partial charge in [-0.05, 0) is 42.5 Å². The molecule has 4 aromatic rings. The van der Waals surface area contributed by atoms with E-state index in [0.717, 1.165) is 14.7 Å². The van der Waals surface area contributed by atoms with Crippen LogP contribution in [0.15, 0.2) is 70.6 Å². The minimum Gasteiger partial charge on any atom is -0.457 e. The molecule has 1 aromatic heterocycles. The maximum absolute atomic E-state index is 14.1. The number of halogens is 2. The van der Waals surface area contributed by atoms with Gasteiger partial charge in [-0.1, -0.05) is 22.0 Å². The summed E-state index contributed by atoms with van der Waals surface area (Å²) in [6, 6.07) is 16.2. The second-order valence-corrected chi connectivity index (χ2v) is 7.62. The summed E-state index contributed by atoms with van der Waals surface area (Å²) in [5, 5.41) is 5.15. The molecule has 28 heavy (non-hydrogen) atoms. The van der Waals surface area contributed by atoms with Crippen molar-refractivity contribution in [2.45, 2.75) is 0 Å². The molecule has 5 nitrogen and oxygen atoms in total. The third-order valence-corrected chi connectivity index (χ3v) is 5.09. The number of hydrogen-bond acceptors (Lipinski definition) is 4. The zero-order chi connectivity index (χ0) is 19.5. The van der Waals surface area contributed by atoms with Gasteiger partial charge in [-0.3, -0.25) is 0 Å². The van der Waals surface area contributed by atoms with Crippen LogP contribution < -0.4 is 15.4 Å². The van der Waals surface area contributed by atoms with Gasteiger partial charge in [-0.25, -0.2) is 14.2 Å². The Hall–Kier alpha value is -2.97. The molecule has 2 amide bonds. The van der Waals surface area contributed by atoms with Gasteiger partial charge in [0.1, 0.15) is 17.3 Å². The fraction of sp³-hybridized carbons (Fsp3) is 0. The number of carbonyl (C=O) groups excluding carboxylic acids is 1. The van der Waals surface area contributed by atoms with Crippen LogP contribution >= 0.6 is 27.3 Å². The van der Waals surface area contributed by atoms with Crippen LogP contribution in [0.4, 0.5) is 20.6 Å². The zero-order valence-electron chi connectivity index (χ0n) is 14.3. The van der Waals surface area contributed by atoms with Crippen LogP contribution in [-0.4, -0.2) is 11.0 Å². The Balaban J connectivity index is 1.49. The van der Waals surface area contributed by atoms with E-state index in [1.807, 2.05) is 18.2 Å². The minimum atomic E-state index is -0.561. The smallest absolute Gasteiger partial charge is 0.323 e. The lowest BCUT2D eigenvalue weighted by Crippen LogP contribution is -2.20. The molecule has 8 heteroatoms. The number of urea groups is 1. The van der Waals surface area contributed by atoms with Crippen molar-refractivity contribution in [3.63, 3.8) is 0 Å². The fourth-order valence-corrected chi connectivity index (χ4v) is 3.65. The lowest BCUT2D eigenvalue weighted by molar-refractivity contribution is 0.262. The van der Waals surface area contributed by atoms with Crippen LogP contribution in [0, 0.1) is 5.82 Å². The molecule has 140 valence electrons. The van der Waals surface area contributed by atoms with Gasteiger partial charge in [0, 0.05) is 22.3 Å². The summed E-state index contributed by atoms with van der Waals surface area (Å²) in [5.41, 5.74) is 3.25. The van der Waals surface area contributed by atoms with Crippen LogP contribution in [-0.2, 0) is 0 Å². The lowest BCUT2D eigenvalue weighted by Gasteiger charge is -2.11. The third-order valence-electron chi connectivity index (χ3n) is 3.81. The predicted molar refractivity (Wildman–Crippen MR) is 113 cm³/mol. The molecule has 0 fully saturated rings. The molecular weight excluding hydrogens is 445 g/mol. The van der Waals surface area contributed by atoms with E-state index >= 15 is 0 Å². The summed E-state index contributed by atoms with van der Waals surface area (Å²) in [4.78, 5) is 16.4. The maximum atomic E-state index is 14.1. The summed E-state index contributed by atoms with van der Waals surface area (Å²) in [6.45, 7) is 0. The summed E-state index contributed by atoms with van der Waals surface area (Å²) in [7, 11) is 0. The highest BCUT2D eigenvalue weighted by atomic mass is 79.9. The van der Waals surface area contributed by atoms with E-state index in [1.165, 1.54) is 29.5 Å². The number of fused-ring (bicyclic) bond motifs is 1. The molecule has 0 saturated heterocycles. The average Bonchev–Trinajstić information content (AvgIpc) is 3.12. The number of rotatable bonds is 4. The highest BCUT2D eigenvalue weighted by Gasteiger charge is 2.10. The number of amides is 2. The van der Waals surface area contributed by atoms with E-state index in [1.54, 1.807) is 29.8 Å². The van der Waals surface area contributed by atoms with Crippen LogP contribution in [0.2, 0.25) is 0 Å². The molecule has 0 spiro atoms. The van der Waals surface area contributed by atoms with Gasteiger partial charge < -0.3 is 15.4 Å². The predicted octanol–water partition coefficient (Wildman–Crippen LogP) is 6.63. The van der Waals surface area contributed by atoms with Crippen molar-refractivity contribution in [1.82, 2.24) is 4.98 Å². The van der Waals surface area contributed by atoms with E-state index in [2.05, 4.69) is 31.5 Å². The van der Waals surface area contributed by atoms with Gasteiger partial charge >= 0.3 is 6.03 Å². The van der Waals surface area contributed by atoms with Crippen molar-refractivity contribution in [1.29, 1.82) is 0 Å². The van der Waals surface area contributed by atoms with E-state index in [-0.39, 0.29) is 5.69 Å². The fourth-order valence-electron chi connectivity index (χ4n) is 2.55. The Bertz CT molecular complexity index is 1170. The highest BCUT2D eigenvalue weighted by Crippen LogP contribution is 2.29.